The molecule has 10 heterocycles. The first-order chi connectivity index (χ1) is 63.8. The fourth-order valence-corrected chi connectivity index (χ4v) is 18.0. The number of thiazole rings is 1. The number of hydrogen-bond acceptors (Lipinski definition) is 17. The Morgan fingerprint density at radius 1 is 0.389 bits per heavy atom. The summed E-state index contributed by atoms with van der Waals surface area (Å²) in [5.41, 5.74) is 26.0. The number of alkyl halides is 3. The van der Waals surface area contributed by atoms with E-state index in [1.165, 1.54) is 16.0 Å². The number of halogens is 3. The predicted molar refractivity (Wildman–Crippen MR) is 504 cm³/mol. The van der Waals surface area contributed by atoms with E-state index in [-0.39, 0.29) is 67.4 Å². The van der Waals surface area contributed by atoms with Gasteiger partial charge in [-0.1, -0.05) is 266 Å². The summed E-state index contributed by atoms with van der Waals surface area (Å²) in [6, 6.07) is 101. The van der Waals surface area contributed by atoms with Crippen molar-refractivity contribution in [3.8, 4) is 95.8 Å². The second-order valence-electron chi connectivity index (χ2n) is 31.8. The van der Waals surface area contributed by atoms with E-state index in [4.69, 9.17) is 30.9 Å². The SMILES string of the molecule is COc1cccc(N2CCN(C(=O)Cn3nc(-c4ccccc4)cc3-c3ccccc3)CC2=O)c1.Cc1nc2c(s1)CN(C(=O)Cn1nc(-c3ccccc3)cc1-c1ccccc1)C2.Nc1ccc2c(c1)CCN(C(=O)Cn1nc(-c3ccccc3)cc1-c1ccccc1)CC2.O=C(Cn1nc(-c2ccccc2)cc1-c1ccccc1)N1CCN(c2nnc(C(F)(F)F)s2)CC1. The van der Waals surface area contributed by atoms with Gasteiger partial charge in [0.05, 0.1) is 76.5 Å². The van der Waals surface area contributed by atoms with Gasteiger partial charge in [-0.05, 0) is 102 Å². The molecule has 0 bridgehead atoms. The lowest BCUT2D eigenvalue weighted by molar-refractivity contribution is -0.138. The van der Waals surface area contributed by atoms with Gasteiger partial charge < -0.3 is 39.9 Å². The number of anilines is 3. The minimum atomic E-state index is -4.51. The molecule has 0 radical (unpaired) electrons. The second kappa shape index (κ2) is 40.4. The zero-order valence-corrected chi connectivity index (χ0v) is 73.7. The molecule has 0 saturated carbocycles. The van der Waals surface area contributed by atoms with Crippen LogP contribution in [0, 0.1) is 6.92 Å². The number of methoxy groups -OCH3 is 1. The molecule has 6 aromatic heterocycles. The normalized spacial score (nSPS) is 13.6. The number of aryl methyl sites for hydroxylation is 1. The molecule has 0 unspecified atom stereocenters. The second-order valence-corrected chi connectivity index (χ2v) is 34.0. The maximum atomic E-state index is 13.3. The summed E-state index contributed by atoms with van der Waals surface area (Å²) >= 11 is 2.20. The summed E-state index contributed by atoms with van der Waals surface area (Å²) in [5.74, 6) is 0.487. The van der Waals surface area contributed by atoms with Crippen LogP contribution >= 0.6 is 22.7 Å². The maximum absolute atomic E-state index is 13.3. The van der Waals surface area contributed by atoms with Gasteiger partial charge in [-0.3, -0.25) is 42.7 Å². The first kappa shape index (κ1) is 87.8. The van der Waals surface area contributed by atoms with E-state index in [1.54, 1.807) is 47.4 Å². The number of hydrogen-bond donors (Lipinski definition) is 1. The lowest BCUT2D eigenvalue weighted by Crippen LogP contribution is -2.53. The zero-order valence-electron chi connectivity index (χ0n) is 72.0. The Morgan fingerprint density at radius 3 is 1.16 bits per heavy atom. The Labute approximate surface area is 763 Å². The summed E-state index contributed by atoms with van der Waals surface area (Å²) < 4.78 is 50.9. The predicted octanol–water partition coefficient (Wildman–Crippen LogP) is 17.5. The molecule has 4 aliphatic rings. The van der Waals surface area contributed by atoms with E-state index >= 15 is 0 Å². The third-order valence-electron chi connectivity index (χ3n) is 23.1. The molecule has 29 heteroatoms. The van der Waals surface area contributed by atoms with E-state index in [1.807, 2.05) is 305 Å². The number of nitrogens with two attached hydrogens (primary N) is 1. The van der Waals surface area contributed by atoms with Gasteiger partial charge in [0.15, 0.2) is 0 Å². The van der Waals surface area contributed by atoms with Crippen LogP contribution in [0.2, 0.25) is 0 Å². The molecule has 131 heavy (non-hydrogen) atoms. The number of nitrogens with zero attached hydrogens (tertiary/aromatic N) is 17. The smallest absolute Gasteiger partial charge is 0.445 e. The highest BCUT2D eigenvalue weighted by Crippen LogP contribution is 2.37. The van der Waals surface area contributed by atoms with Crippen LogP contribution in [-0.2, 0) is 82.3 Å². The van der Waals surface area contributed by atoms with Gasteiger partial charge in [0, 0.05) is 96.9 Å². The van der Waals surface area contributed by atoms with Crippen molar-refractivity contribution in [2.45, 2.75) is 65.2 Å². The maximum Gasteiger partial charge on any atom is 0.445 e. The van der Waals surface area contributed by atoms with Crippen molar-refractivity contribution < 1.29 is 41.9 Å². The molecule has 660 valence electrons. The molecule has 2 fully saturated rings. The largest absolute Gasteiger partial charge is 0.497 e. The Bertz CT molecular complexity index is 6610. The molecule has 20 rings (SSSR count). The molecule has 2 saturated heterocycles. The van der Waals surface area contributed by atoms with Crippen molar-refractivity contribution >= 4 is 68.7 Å². The fraction of sp³-hybridized carbons (Fsp3) is 0.196. The van der Waals surface area contributed by atoms with Crippen molar-refractivity contribution in [1.82, 2.24) is 73.9 Å². The molecule has 0 spiro atoms. The minimum Gasteiger partial charge on any atom is -0.497 e. The number of fused-ring (bicyclic) bond motifs is 2. The highest BCUT2D eigenvalue weighted by atomic mass is 32.1. The van der Waals surface area contributed by atoms with E-state index in [2.05, 4.69) is 45.5 Å². The minimum absolute atomic E-state index is 0.0313. The average Bonchev–Trinajstić information content (AvgIpc) is 1.67. The van der Waals surface area contributed by atoms with Gasteiger partial charge in [-0.2, -0.15) is 33.6 Å². The van der Waals surface area contributed by atoms with E-state index in [9.17, 15) is 37.1 Å². The van der Waals surface area contributed by atoms with Crippen molar-refractivity contribution in [1.29, 1.82) is 0 Å². The number of rotatable bonds is 19. The number of piperazine rings is 2. The molecule has 16 aromatic rings. The molecule has 0 aliphatic carbocycles. The quantitative estimate of drug-likeness (QED) is 0.0739. The van der Waals surface area contributed by atoms with Crippen molar-refractivity contribution in [3.05, 3.63) is 341 Å². The van der Waals surface area contributed by atoms with Crippen molar-refractivity contribution in [2.24, 2.45) is 0 Å². The van der Waals surface area contributed by atoms with Crippen LogP contribution in [0.1, 0.15) is 31.7 Å². The average molecular weight is 1790 g/mol. The summed E-state index contributed by atoms with van der Waals surface area (Å²) in [5, 5.41) is 26.3. The third kappa shape index (κ3) is 21.3. The monoisotopic (exact) mass is 1790 g/mol. The van der Waals surface area contributed by atoms with E-state index in [0.717, 1.165) is 125 Å². The van der Waals surface area contributed by atoms with Crippen LogP contribution in [0.4, 0.5) is 29.7 Å². The van der Waals surface area contributed by atoms with Crippen LogP contribution in [0.25, 0.3) is 90.1 Å². The van der Waals surface area contributed by atoms with Gasteiger partial charge in [0.2, 0.25) is 39.7 Å². The summed E-state index contributed by atoms with van der Waals surface area (Å²) in [6.45, 7) is 7.66. The molecule has 24 nitrogen and oxygen atoms in total. The Morgan fingerprint density at radius 2 is 0.771 bits per heavy atom. The molecule has 0 atom stereocenters. The van der Waals surface area contributed by atoms with Crippen LogP contribution in [0.15, 0.2) is 309 Å². The molecule has 4 aliphatic heterocycles. The number of aromatic nitrogens is 11. The number of carbonyl (C=O) groups excluding carboxylic acids is 5. The summed E-state index contributed by atoms with van der Waals surface area (Å²) in [6.07, 6.45) is -2.83. The Balaban J connectivity index is 0.000000122. The standard InChI is InChI=1S/C28H26N4O3.C27H26N4O.C24H21F3N6OS.C23H20N4OS/c1-35-24-14-8-13-23(17-24)31-16-15-30(19-28(31)34)27(33)20-32-26(22-11-6-3-7-12-22)18-25(29-32)21-9-4-2-5-10-21;28-24-12-11-20-13-15-30(16-14-23(20)17-24)27(32)19-31-26(22-9-5-2-6-10-22)18-25(29-31)21-7-3-1-4-8-21;25-24(26,27)22-28-29-23(35-22)32-13-11-31(12-14-32)21(34)16-33-20(18-9-5-2-6-10-18)15-19(30-33)17-7-3-1-4-8-17;1-16-24-20-13-26(14-22(20)29-16)23(28)15-27-21(18-10-6-3-7-11-18)12-19(25-27)17-8-4-2-5-9-17/h2-14,17-18H,15-16,19-20H2,1H3;1-12,17-18H,13-16,19,28H2;1-10,15H,11-14,16H2;2-12H,13-15H2,1H3. The number of carbonyl (C=O) groups is 5. The molecule has 2 N–H and O–H groups in total. The van der Waals surface area contributed by atoms with Crippen LogP contribution < -0.4 is 20.3 Å². The fourth-order valence-electron chi connectivity index (χ4n) is 16.3. The molecule has 10 aromatic carbocycles. The van der Waals surface area contributed by atoms with Crippen LogP contribution in [0.3, 0.4) is 0 Å². The van der Waals surface area contributed by atoms with Gasteiger partial charge in [-0.15, -0.1) is 21.5 Å². The zero-order chi connectivity index (χ0) is 90.3. The lowest BCUT2D eigenvalue weighted by atomic mass is 10.0. The summed E-state index contributed by atoms with van der Waals surface area (Å²) in [7, 11) is 1.60. The van der Waals surface area contributed by atoms with Crippen molar-refractivity contribution in [2.75, 3.05) is 81.5 Å². The number of ether oxygens (including phenoxy) is 1. The van der Waals surface area contributed by atoms with Crippen LogP contribution in [-0.4, -0.2) is 169 Å². The molecular weight excluding hydrogens is 1690 g/mol. The first-order valence-corrected chi connectivity index (χ1v) is 44.8. The number of nitrogen functional groups attached to an aromatic ring is 1. The topological polar surface area (TPSA) is 250 Å². The highest BCUT2D eigenvalue weighted by molar-refractivity contribution is 7.15. The van der Waals surface area contributed by atoms with E-state index < -0.39 is 11.2 Å². The third-order valence-corrected chi connectivity index (χ3v) is 25.1. The van der Waals surface area contributed by atoms with Gasteiger partial charge in [0.1, 0.15) is 38.5 Å². The van der Waals surface area contributed by atoms with Gasteiger partial charge in [-0.25, -0.2) is 4.98 Å². The molecule has 5 amide bonds. The van der Waals surface area contributed by atoms with Gasteiger partial charge in [0.25, 0.3) is 0 Å². The Kier molecular flexibility index (Phi) is 27.1. The lowest BCUT2D eigenvalue weighted by Gasteiger charge is -2.34. The van der Waals surface area contributed by atoms with Crippen molar-refractivity contribution in [3.63, 3.8) is 0 Å². The first-order valence-electron chi connectivity index (χ1n) is 43.1. The number of amides is 5. The number of benzene rings is 10. The Hall–Kier alpha value is -15.2. The highest BCUT2D eigenvalue weighted by Gasteiger charge is 2.38. The van der Waals surface area contributed by atoms with Crippen LogP contribution in [0.5, 0.6) is 5.75 Å². The molecular formula is C102H93F3N18O6S2. The van der Waals surface area contributed by atoms with E-state index in [0.29, 0.717) is 82.5 Å². The van der Waals surface area contributed by atoms with Gasteiger partial charge >= 0.3 is 6.18 Å². The summed E-state index contributed by atoms with van der Waals surface area (Å²) in [4.78, 5) is 82.0.